The zero-order valence-electron chi connectivity index (χ0n) is 16.9. The van der Waals surface area contributed by atoms with E-state index < -0.39 is 5.82 Å². The minimum atomic E-state index is -0.641. The Morgan fingerprint density at radius 2 is 2.13 bits per heavy atom. The highest BCUT2D eigenvalue weighted by Gasteiger charge is 2.30. The molecule has 5 rings (SSSR count). The number of Topliss-reactive ketones (excluding diaryl/α,β-unsaturated/α-hetero) is 1. The molecule has 1 amide bonds. The lowest BCUT2D eigenvalue weighted by Crippen LogP contribution is -2.51. The van der Waals surface area contributed by atoms with Gasteiger partial charge in [-0.05, 0) is 25.1 Å². The van der Waals surface area contributed by atoms with Gasteiger partial charge in [0.15, 0.2) is 12.4 Å². The van der Waals surface area contributed by atoms with Crippen LogP contribution in [0.3, 0.4) is 0 Å². The van der Waals surface area contributed by atoms with Gasteiger partial charge in [-0.1, -0.05) is 11.8 Å². The summed E-state index contributed by atoms with van der Waals surface area (Å²) in [4.78, 5) is 27.2. The number of likely N-dealkylation sites (tertiary alicyclic amines) is 1. The molecule has 2 aromatic rings. The van der Waals surface area contributed by atoms with E-state index in [1.54, 1.807) is 11.8 Å². The predicted octanol–water partition coefficient (Wildman–Crippen LogP) is 3.21. The molecule has 3 aliphatic rings. The molecule has 1 atom stereocenters. The van der Waals surface area contributed by atoms with Crippen molar-refractivity contribution in [1.82, 2.24) is 4.90 Å². The van der Waals surface area contributed by atoms with Gasteiger partial charge in [0.2, 0.25) is 0 Å². The summed E-state index contributed by atoms with van der Waals surface area (Å²) in [5.41, 5.74) is 1.39. The normalized spacial score (nSPS) is 20.1. The van der Waals surface area contributed by atoms with Gasteiger partial charge >= 0.3 is 0 Å². The third-order valence-electron chi connectivity index (χ3n) is 5.50. The number of halogens is 1. The number of anilines is 2. The maximum absolute atomic E-state index is 14.3. The zero-order chi connectivity index (χ0) is 21.5. The second-order valence-corrected chi connectivity index (χ2v) is 9.40. The minimum Gasteiger partial charge on any atom is -0.493 e. The highest BCUT2D eigenvalue weighted by molar-refractivity contribution is 8.00. The maximum atomic E-state index is 14.3. The van der Waals surface area contributed by atoms with E-state index in [0.29, 0.717) is 36.7 Å². The quantitative estimate of drug-likeness (QED) is 0.664. The van der Waals surface area contributed by atoms with E-state index in [1.165, 1.54) is 11.0 Å². The van der Waals surface area contributed by atoms with Crippen molar-refractivity contribution in [3.8, 4) is 11.5 Å². The van der Waals surface area contributed by atoms with E-state index in [1.807, 2.05) is 17.0 Å². The number of hydrogen-bond donors (Lipinski definition) is 2. The molecule has 162 valence electrons. The molecule has 0 aliphatic carbocycles. The molecule has 3 aliphatic heterocycles. The van der Waals surface area contributed by atoms with Crippen molar-refractivity contribution in [2.45, 2.75) is 17.2 Å². The first-order valence-corrected chi connectivity index (χ1v) is 11.0. The van der Waals surface area contributed by atoms with Gasteiger partial charge in [0.05, 0.1) is 35.5 Å². The van der Waals surface area contributed by atoms with E-state index in [9.17, 15) is 14.0 Å². The number of ether oxygens (including phenoxy) is 2. The third-order valence-corrected chi connectivity index (χ3v) is 6.58. The van der Waals surface area contributed by atoms with E-state index in [-0.39, 0.29) is 36.2 Å². The molecule has 2 aromatic carbocycles. The predicted molar refractivity (Wildman–Crippen MR) is 116 cm³/mol. The summed E-state index contributed by atoms with van der Waals surface area (Å²) in [6.07, 6.45) is 0. The number of ketones is 1. The van der Waals surface area contributed by atoms with Crippen LogP contribution in [0.2, 0.25) is 0 Å². The first-order chi connectivity index (χ1) is 14.9. The lowest BCUT2D eigenvalue weighted by atomic mass is 9.99. The highest BCUT2D eigenvalue weighted by atomic mass is 32.2. The van der Waals surface area contributed by atoms with E-state index in [4.69, 9.17) is 9.47 Å². The van der Waals surface area contributed by atoms with Crippen molar-refractivity contribution in [3.63, 3.8) is 0 Å². The molecule has 0 spiro atoms. The Morgan fingerprint density at radius 1 is 1.29 bits per heavy atom. The Bertz CT molecular complexity index is 1060. The molecule has 2 N–H and O–H groups in total. The molecule has 0 saturated carbocycles. The summed E-state index contributed by atoms with van der Waals surface area (Å²) >= 11 is 1.79. The fraction of sp³-hybridized carbons (Fsp3) is 0.364. The standard InChI is InChI=1S/C22H22FN3O4S/c1-12-24-18-4-14(2-3-21(18)31-12)29-10-13-7-26(8-13)9-19(27)15-5-17-20(6-16(15)23)30-11-22(28)25-17/h2-6,12-13,24H,7-11H2,1H3,(H,25,28). The smallest absolute Gasteiger partial charge is 0.262 e. The van der Waals surface area contributed by atoms with Crippen LogP contribution in [0.1, 0.15) is 17.3 Å². The molecule has 1 fully saturated rings. The fourth-order valence-corrected chi connectivity index (χ4v) is 4.94. The first kappa shape index (κ1) is 20.1. The largest absolute Gasteiger partial charge is 0.493 e. The molecular formula is C22H22FN3O4S. The lowest BCUT2D eigenvalue weighted by Gasteiger charge is -2.38. The highest BCUT2D eigenvalue weighted by Crippen LogP contribution is 2.40. The number of nitrogens with one attached hydrogen (secondary N) is 2. The SMILES string of the molecule is CC1Nc2cc(OCC3CN(CC(=O)c4cc5c(cc4F)OCC(=O)N5)C3)ccc2S1. The third kappa shape index (κ3) is 4.20. The Balaban J connectivity index is 1.12. The van der Waals surface area contributed by atoms with Crippen molar-refractivity contribution in [2.24, 2.45) is 5.92 Å². The average molecular weight is 444 g/mol. The lowest BCUT2D eigenvalue weighted by molar-refractivity contribution is -0.118. The molecule has 1 unspecified atom stereocenters. The number of rotatable bonds is 6. The molecule has 31 heavy (non-hydrogen) atoms. The van der Waals surface area contributed by atoms with Crippen LogP contribution >= 0.6 is 11.8 Å². The van der Waals surface area contributed by atoms with Gasteiger partial charge in [-0.3, -0.25) is 14.5 Å². The molecule has 7 nitrogen and oxygen atoms in total. The second-order valence-electron chi connectivity index (χ2n) is 8.02. The Labute approximate surface area is 183 Å². The number of amides is 1. The topological polar surface area (TPSA) is 79.9 Å². The molecule has 0 radical (unpaired) electrons. The van der Waals surface area contributed by atoms with E-state index in [2.05, 4.69) is 23.6 Å². The van der Waals surface area contributed by atoms with Crippen LogP contribution in [0.15, 0.2) is 35.2 Å². The van der Waals surface area contributed by atoms with Crippen molar-refractivity contribution >= 4 is 34.8 Å². The number of carbonyl (C=O) groups is 2. The van der Waals surface area contributed by atoms with Crippen LogP contribution in [0.5, 0.6) is 11.5 Å². The molecule has 0 bridgehead atoms. The van der Waals surface area contributed by atoms with E-state index in [0.717, 1.165) is 17.5 Å². The van der Waals surface area contributed by atoms with Crippen molar-refractivity contribution < 1.29 is 23.5 Å². The number of carbonyl (C=O) groups excluding carboxylic acids is 2. The number of hydrogen-bond acceptors (Lipinski definition) is 7. The summed E-state index contributed by atoms with van der Waals surface area (Å²) in [5.74, 6) is 0.105. The van der Waals surface area contributed by atoms with E-state index >= 15 is 0 Å². The number of benzene rings is 2. The van der Waals surface area contributed by atoms with Crippen molar-refractivity contribution in [1.29, 1.82) is 0 Å². The Kier molecular flexibility index (Phi) is 5.23. The number of fused-ring (bicyclic) bond motifs is 2. The van der Waals surface area contributed by atoms with Crippen LogP contribution in [0.25, 0.3) is 0 Å². The van der Waals surface area contributed by atoms with Gasteiger partial charge in [-0.15, -0.1) is 0 Å². The van der Waals surface area contributed by atoms with Gasteiger partial charge < -0.3 is 20.1 Å². The van der Waals surface area contributed by atoms with Crippen LogP contribution in [-0.4, -0.2) is 54.8 Å². The molecule has 3 heterocycles. The zero-order valence-corrected chi connectivity index (χ0v) is 17.8. The summed E-state index contributed by atoms with van der Waals surface area (Å²) in [7, 11) is 0. The second kappa shape index (κ2) is 8.05. The Hall–Kier alpha value is -2.78. The van der Waals surface area contributed by atoms with Gasteiger partial charge in [0.25, 0.3) is 5.91 Å². The summed E-state index contributed by atoms with van der Waals surface area (Å²) < 4.78 is 25.4. The summed E-state index contributed by atoms with van der Waals surface area (Å²) in [6.45, 7) is 4.09. The number of thioether (sulfide) groups is 1. The van der Waals surface area contributed by atoms with Crippen LogP contribution in [0, 0.1) is 11.7 Å². The minimum absolute atomic E-state index is 0.0398. The van der Waals surface area contributed by atoms with Crippen LogP contribution < -0.4 is 20.1 Å². The average Bonchev–Trinajstić information content (AvgIpc) is 3.08. The molecule has 9 heteroatoms. The van der Waals surface area contributed by atoms with Gasteiger partial charge in [-0.2, -0.15) is 0 Å². The molecule has 0 aromatic heterocycles. The molecule has 1 saturated heterocycles. The summed E-state index contributed by atoms with van der Waals surface area (Å²) in [6, 6.07) is 8.57. The van der Waals surface area contributed by atoms with Gasteiger partial charge in [0.1, 0.15) is 17.3 Å². The summed E-state index contributed by atoms with van der Waals surface area (Å²) in [5, 5.41) is 6.37. The van der Waals surface area contributed by atoms with Crippen LogP contribution in [-0.2, 0) is 4.79 Å². The van der Waals surface area contributed by atoms with Gasteiger partial charge in [-0.25, -0.2) is 4.39 Å². The number of nitrogens with zero attached hydrogens (tertiary/aromatic N) is 1. The van der Waals surface area contributed by atoms with Crippen molar-refractivity contribution in [2.75, 3.05) is 43.5 Å². The van der Waals surface area contributed by atoms with Gasteiger partial charge in [0, 0.05) is 36.0 Å². The van der Waals surface area contributed by atoms with Crippen molar-refractivity contribution in [3.05, 3.63) is 41.7 Å². The Morgan fingerprint density at radius 3 is 2.97 bits per heavy atom. The maximum Gasteiger partial charge on any atom is 0.262 e. The monoisotopic (exact) mass is 443 g/mol. The first-order valence-electron chi connectivity index (χ1n) is 10.2. The fourth-order valence-electron chi connectivity index (χ4n) is 3.98. The molecular weight excluding hydrogens is 421 g/mol. The van der Waals surface area contributed by atoms with Crippen LogP contribution in [0.4, 0.5) is 15.8 Å².